The average molecular weight is 308 g/mol. The van der Waals surface area contributed by atoms with Gasteiger partial charge in [-0.1, -0.05) is 19.1 Å². The number of nitrogens with two attached hydrogens (primary N) is 1. The number of fused-ring (bicyclic) bond motifs is 1. The van der Waals surface area contributed by atoms with Crippen molar-refractivity contribution in [2.75, 3.05) is 11.9 Å². The summed E-state index contributed by atoms with van der Waals surface area (Å²) >= 11 is 3.39. The number of anilines is 1. The van der Waals surface area contributed by atoms with Gasteiger partial charge < -0.3 is 11.1 Å². The van der Waals surface area contributed by atoms with Gasteiger partial charge in [0, 0.05) is 22.6 Å². The maximum absolute atomic E-state index is 11.0. The molecule has 2 aromatic rings. The van der Waals surface area contributed by atoms with Gasteiger partial charge >= 0.3 is 0 Å². The second kappa shape index (κ2) is 5.35. The van der Waals surface area contributed by atoms with Crippen LogP contribution < -0.4 is 11.1 Å². The number of para-hydroxylation sites is 1. The smallest absolute Gasteiger partial charge is 0.222 e. The molecule has 0 aliphatic carbocycles. The summed E-state index contributed by atoms with van der Waals surface area (Å²) in [5.41, 5.74) is 7.03. The number of nitrogens with zero attached hydrogens (tertiary/aromatic N) is 1. The van der Waals surface area contributed by atoms with E-state index >= 15 is 0 Å². The summed E-state index contributed by atoms with van der Waals surface area (Å²) in [6.07, 6.45) is 1.75. The largest absolute Gasteiger partial charge is 0.382 e. The van der Waals surface area contributed by atoms with Crippen LogP contribution in [-0.2, 0) is 4.79 Å². The minimum atomic E-state index is -0.307. The standard InChI is InChI=1S/C13H14BrN3O/c1-8(13(15)18)6-16-11-4-2-3-9-5-10(14)7-17-12(9)11/h2-5,7-8,16H,6H2,1H3,(H2,15,18). The molecule has 4 nitrogen and oxygen atoms in total. The van der Waals surface area contributed by atoms with E-state index in [1.54, 1.807) is 13.1 Å². The van der Waals surface area contributed by atoms with Crippen molar-refractivity contribution >= 4 is 38.4 Å². The van der Waals surface area contributed by atoms with Crippen LogP contribution in [-0.4, -0.2) is 17.4 Å². The maximum Gasteiger partial charge on any atom is 0.222 e. The Kier molecular flexibility index (Phi) is 3.81. The van der Waals surface area contributed by atoms with Gasteiger partial charge in [0.1, 0.15) is 0 Å². The molecule has 1 heterocycles. The van der Waals surface area contributed by atoms with Gasteiger partial charge in [-0.05, 0) is 28.1 Å². The third-order valence-electron chi connectivity index (χ3n) is 2.76. The Labute approximate surface area is 114 Å². The molecular formula is C13H14BrN3O. The fourth-order valence-electron chi connectivity index (χ4n) is 1.64. The van der Waals surface area contributed by atoms with Gasteiger partial charge in [0.25, 0.3) is 0 Å². The number of carbonyl (C=O) groups is 1. The number of nitrogens with one attached hydrogen (secondary N) is 1. The number of hydrogen-bond acceptors (Lipinski definition) is 3. The lowest BCUT2D eigenvalue weighted by atomic mass is 10.1. The van der Waals surface area contributed by atoms with Crippen LogP contribution in [0.3, 0.4) is 0 Å². The Balaban J connectivity index is 2.26. The highest BCUT2D eigenvalue weighted by Crippen LogP contribution is 2.23. The van der Waals surface area contributed by atoms with E-state index in [1.807, 2.05) is 24.3 Å². The van der Waals surface area contributed by atoms with Crippen molar-refractivity contribution in [1.29, 1.82) is 0 Å². The van der Waals surface area contributed by atoms with Crippen LogP contribution in [0, 0.1) is 5.92 Å². The van der Waals surface area contributed by atoms with Crippen LogP contribution in [0.15, 0.2) is 34.9 Å². The number of primary amides is 1. The molecule has 0 fully saturated rings. The van der Waals surface area contributed by atoms with E-state index in [-0.39, 0.29) is 11.8 Å². The first kappa shape index (κ1) is 12.8. The second-order valence-corrected chi connectivity index (χ2v) is 5.13. The predicted molar refractivity (Wildman–Crippen MR) is 76.3 cm³/mol. The lowest BCUT2D eigenvalue weighted by molar-refractivity contribution is -0.120. The zero-order chi connectivity index (χ0) is 13.1. The summed E-state index contributed by atoms with van der Waals surface area (Å²) in [4.78, 5) is 15.4. The molecule has 0 bridgehead atoms. The van der Waals surface area contributed by atoms with Gasteiger partial charge in [-0.2, -0.15) is 0 Å². The third kappa shape index (κ3) is 2.79. The fourth-order valence-corrected chi connectivity index (χ4v) is 1.99. The highest BCUT2D eigenvalue weighted by atomic mass is 79.9. The molecular weight excluding hydrogens is 294 g/mol. The molecule has 0 aliphatic rings. The van der Waals surface area contributed by atoms with Crippen molar-refractivity contribution in [3.63, 3.8) is 0 Å². The second-order valence-electron chi connectivity index (χ2n) is 4.22. The Hall–Kier alpha value is -1.62. The zero-order valence-corrected chi connectivity index (χ0v) is 11.6. The van der Waals surface area contributed by atoms with E-state index in [4.69, 9.17) is 5.73 Å². The van der Waals surface area contributed by atoms with Gasteiger partial charge in [0.05, 0.1) is 17.1 Å². The molecule has 1 aromatic heterocycles. The van der Waals surface area contributed by atoms with Gasteiger partial charge in [-0.25, -0.2) is 0 Å². The van der Waals surface area contributed by atoms with Crippen molar-refractivity contribution in [3.05, 3.63) is 34.9 Å². The summed E-state index contributed by atoms with van der Waals surface area (Å²) in [7, 11) is 0. The number of hydrogen-bond donors (Lipinski definition) is 2. The van der Waals surface area contributed by atoms with Gasteiger partial charge in [-0.3, -0.25) is 9.78 Å². The van der Waals surface area contributed by atoms with Crippen molar-refractivity contribution in [2.24, 2.45) is 11.7 Å². The first-order chi connectivity index (χ1) is 8.58. The van der Waals surface area contributed by atoms with E-state index in [1.165, 1.54) is 0 Å². The molecule has 0 aliphatic heterocycles. The monoisotopic (exact) mass is 307 g/mol. The topological polar surface area (TPSA) is 68.0 Å². The highest BCUT2D eigenvalue weighted by molar-refractivity contribution is 9.10. The fraction of sp³-hybridized carbons (Fsp3) is 0.231. The van der Waals surface area contributed by atoms with Crippen molar-refractivity contribution < 1.29 is 4.79 Å². The van der Waals surface area contributed by atoms with Crippen LogP contribution >= 0.6 is 15.9 Å². The van der Waals surface area contributed by atoms with E-state index in [2.05, 4.69) is 26.2 Å². The number of amides is 1. The van der Waals surface area contributed by atoms with Crippen LogP contribution in [0.4, 0.5) is 5.69 Å². The number of halogens is 1. The third-order valence-corrected chi connectivity index (χ3v) is 3.20. The Morgan fingerprint density at radius 3 is 3.06 bits per heavy atom. The lowest BCUT2D eigenvalue weighted by Crippen LogP contribution is -2.26. The van der Waals surface area contributed by atoms with Gasteiger partial charge in [-0.15, -0.1) is 0 Å². The average Bonchev–Trinajstić information content (AvgIpc) is 2.35. The maximum atomic E-state index is 11.0. The number of benzene rings is 1. The molecule has 1 aromatic carbocycles. The molecule has 1 amide bonds. The summed E-state index contributed by atoms with van der Waals surface area (Å²) in [5, 5.41) is 4.25. The first-order valence-electron chi connectivity index (χ1n) is 5.65. The molecule has 2 rings (SSSR count). The van der Waals surface area contributed by atoms with E-state index in [9.17, 15) is 4.79 Å². The Bertz CT molecular complexity index is 585. The normalized spacial score (nSPS) is 12.3. The van der Waals surface area contributed by atoms with E-state index < -0.39 is 0 Å². The van der Waals surface area contributed by atoms with Crippen LogP contribution in [0.5, 0.6) is 0 Å². The van der Waals surface area contributed by atoms with E-state index in [0.29, 0.717) is 6.54 Å². The number of pyridine rings is 1. The molecule has 5 heteroatoms. The lowest BCUT2D eigenvalue weighted by Gasteiger charge is -2.12. The molecule has 0 saturated carbocycles. The quantitative estimate of drug-likeness (QED) is 0.912. The number of rotatable bonds is 4. The molecule has 3 N–H and O–H groups in total. The number of carbonyl (C=O) groups excluding carboxylic acids is 1. The summed E-state index contributed by atoms with van der Waals surface area (Å²) in [6, 6.07) is 7.89. The first-order valence-corrected chi connectivity index (χ1v) is 6.44. The molecule has 1 unspecified atom stereocenters. The van der Waals surface area contributed by atoms with Crippen molar-refractivity contribution in [1.82, 2.24) is 4.98 Å². The van der Waals surface area contributed by atoms with Gasteiger partial charge in [0.2, 0.25) is 5.91 Å². The summed E-state index contributed by atoms with van der Waals surface area (Å²) in [6.45, 7) is 2.30. The van der Waals surface area contributed by atoms with E-state index in [0.717, 1.165) is 21.1 Å². The van der Waals surface area contributed by atoms with Crippen LogP contribution in [0.2, 0.25) is 0 Å². The Morgan fingerprint density at radius 1 is 1.56 bits per heavy atom. The molecule has 18 heavy (non-hydrogen) atoms. The summed E-state index contributed by atoms with van der Waals surface area (Å²) in [5.74, 6) is -0.519. The zero-order valence-electron chi connectivity index (χ0n) is 9.98. The molecule has 0 spiro atoms. The SMILES string of the molecule is CC(CNc1cccc2cc(Br)cnc12)C(N)=O. The molecule has 0 saturated heterocycles. The molecule has 0 radical (unpaired) electrons. The molecule has 94 valence electrons. The number of aromatic nitrogens is 1. The van der Waals surface area contributed by atoms with Crippen LogP contribution in [0.1, 0.15) is 6.92 Å². The van der Waals surface area contributed by atoms with Gasteiger partial charge in [0.15, 0.2) is 0 Å². The Morgan fingerprint density at radius 2 is 2.33 bits per heavy atom. The summed E-state index contributed by atoms with van der Waals surface area (Å²) < 4.78 is 0.942. The minimum absolute atomic E-state index is 0.212. The predicted octanol–water partition coefficient (Wildman–Crippen LogP) is 2.53. The van der Waals surface area contributed by atoms with Crippen LogP contribution in [0.25, 0.3) is 10.9 Å². The molecule has 1 atom stereocenters. The highest BCUT2D eigenvalue weighted by Gasteiger charge is 2.09. The van der Waals surface area contributed by atoms with Crippen molar-refractivity contribution in [2.45, 2.75) is 6.92 Å². The minimum Gasteiger partial charge on any atom is -0.382 e. The van der Waals surface area contributed by atoms with Crippen molar-refractivity contribution in [3.8, 4) is 0 Å².